The van der Waals surface area contributed by atoms with E-state index in [1.54, 1.807) is 39.6 Å². The number of rotatable bonds is 6. The number of hydrogen-bond donors (Lipinski definition) is 1. The molecule has 7 nitrogen and oxygen atoms in total. The predicted octanol–water partition coefficient (Wildman–Crippen LogP) is 3.75. The van der Waals surface area contributed by atoms with Gasteiger partial charge in [0.1, 0.15) is 0 Å². The summed E-state index contributed by atoms with van der Waals surface area (Å²) < 4.78 is 29.5. The maximum Gasteiger partial charge on any atom is 0.255 e. The lowest BCUT2D eigenvalue weighted by Crippen LogP contribution is -2.41. The van der Waals surface area contributed by atoms with Crippen molar-refractivity contribution in [2.45, 2.75) is 43.7 Å². The van der Waals surface area contributed by atoms with E-state index < -0.39 is 10.0 Å². The highest BCUT2D eigenvalue weighted by Gasteiger charge is 2.31. The lowest BCUT2D eigenvalue weighted by molar-refractivity contribution is 0.102. The van der Waals surface area contributed by atoms with Crippen molar-refractivity contribution in [1.29, 1.82) is 0 Å². The summed E-state index contributed by atoms with van der Waals surface area (Å²) >= 11 is 0. The summed E-state index contributed by atoms with van der Waals surface area (Å²) in [6.07, 6.45) is 6.08. The first kappa shape index (κ1) is 21.3. The molecule has 0 aliphatic carbocycles. The molecule has 1 saturated heterocycles. The fraction of sp³-hybridized carbons (Fsp3) is 0.304. The fourth-order valence-corrected chi connectivity index (χ4v) is 5.60. The van der Waals surface area contributed by atoms with Crippen LogP contribution in [-0.2, 0) is 16.6 Å². The van der Waals surface area contributed by atoms with Gasteiger partial charge in [-0.3, -0.25) is 9.48 Å². The summed E-state index contributed by atoms with van der Waals surface area (Å²) in [4.78, 5) is 12.9. The molecule has 0 saturated carbocycles. The van der Waals surface area contributed by atoms with Gasteiger partial charge in [0.05, 0.1) is 23.3 Å². The minimum atomic E-state index is -3.63. The highest BCUT2D eigenvalue weighted by molar-refractivity contribution is 7.89. The van der Waals surface area contributed by atoms with Crippen LogP contribution in [0.5, 0.6) is 0 Å². The molecule has 4 rings (SSSR count). The third-order valence-corrected chi connectivity index (χ3v) is 7.53. The van der Waals surface area contributed by atoms with Crippen LogP contribution in [0.15, 0.2) is 71.9 Å². The van der Waals surface area contributed by atoms with Crippen LogP contribution in [0.2, 0.25) is 0 Å². The maximum absolute atomic E-state index is 13.1. The van der Waals surface area contributed by atoms with E-state index in [2.05, 4.69) is 10.4 Å². The molecule has 2 aromatic carbocycles. The molecule has 1 fully saturated rings. The number of nitrogens with zero attached hydrogens (tertiary/aromatic N) is 3. The third kappa shape index (κ3) is 4.86. The number of carbonyl (C=O) groups is 1. The molecule has 1 N–H and O–H groups in total. The predicted molar refractivity (Wildman–Crippen MR) is 119 cm³/mol. The average Bonchev–Trinajstić information content (AvgIpc) is 3.21. The first-order valence-electron chi connectivity index (χ1n) is 10.4. The zero-order valence-corrected chi connectivity index (χ0v) is 18.3. The number of aromatic nitrogens is 2. The van der Waals surface area contributed by atoms with Gasteiger partial charge in [-0.15, -0.1) is 0 Å². The Morgan fingerprint density at radius 3 is 2.71 bits per heavy atom. The number of nitrogens with one attached hydrogen (secondary N) is 1. The standard InChI is InChI=1S/C23H26N4O3S/c1-18-8-5-6-13-27(18)31(29,30)22-12-7-11-20(14-22)23(28)25-21-15-24-26(17-21)16-19-9-3-2-4-10-19/h2-4,7,9-12,14-15,17-18H,5-6,8,13,16H2,1H3,(H,25,28). The van der Waals surface area contributed by atoms with Gasteiger partial charge in [0.15, 0.2) is 0 Å². The largest absolute Gasteiger partial charge is 0.319 e. The van der Waals surface area contributed by atoms with E-state index in [1.165, 1.54) is 6.07 Å². The number of piperidine rings is 1. The van der Waals surface area contributed by atoms with Crippen LogP contribution in [-0.4, -0.2) is 41.0 Å². The van der Waals surface area contributed by atoms with Gasteiger partial charge < -0.3 is 5.32 Å². The van der Waals surface area contributed by atoms with Gasteiger partial charge in [-0.1, -0.05) is 42.8 Å². The number of anilines is 1. The molecule has 1 aromatic heterocycles. The van der Waals surface area contributed by atoms with Crippen LogP contribution < -0.4 is 5.32 Å². The van der Waals surface area contributed by atoms with Gasteiger partial charge in [-0.25, -0.2) is 8.42 Å². The minimum absolute atomic E-state index is 0.0355. The Balaban J connectivity index is 1.47. The number of carbonyl (C=O) groups excluding carboxylic acids is 1. The molecule has 1 unspecified atom stereocenters. The second-order valence-corrected chi connectivity index (χ2v) is 9.75. The second kappa shape index (κ2) is 9.03. The maximum atomic E-state index is 13.1. The Kier molecular flexibility index (Phi) is 6.20. The van der Waals surface area contributed by atoms with Gasteiger partial charge in [0.25, 0.3) is 5.91 Å². The van der Waals surface area contributed by atoms with Crippen molar-refractivity contribution in [3.63, 3.8) is 0 Å². The third-order valence-electron chi connectivity index (χ3n) is 5.52. The molecule has 162 valence electrons. The molecule has 8 heteroatoms. The number of sulfonamides is 1. The normalized spacial score (nSPS) is 17.4. The van der Waals surface area contributed by atoms with Crippen LogP contribution in [0.25, 0.3) is 0 Å². The molecule has 2 heterocycles. The van der Waals surface area contributed by atoms with E-state index in [0.29, 0.717) is 24.3 Å². The monoisotopic (exact) mass is 438 g/mol. The Morgan fingerprint density at radius 1 is 1.13 bits per heavy atom. The topological polar surface area (TPSA) is 84.3 Å². The Bertz CT molecular complexity index is 1160. The first-order valence-corrected chi connectivity index (χ1v) is 11.9. The summed E-state index contributed by atoms with van der Waals surface area (Å²) in [5, 5.41) is 7.08. The van der Waals surface area contributed by atoms with Crippen molar-refractivity contribution in [3.8, 4) is 0 Å². The summed E-state index contributed by atoms with van der Waals surface area (Å²) in [6, 6.07) is 16.1. The first-order chi connectivity index (χ1) is 14.9. The van der Waals surface area contributed by atoms with Gasteiger partial charge in [-0.2, -0.15) is 9.40 Å². The SMILES string of the molecule is CC1CCCCN1S(=O)(=O)c1cccc(C(=O)Nc2cnn(Cc3ccccc3)c2)c1. The van der Waals surface area contributed by atoms with E-state index >= 15 is 0 Å². The molecular formula is C23H26N4O3S. The van der Waals surface area contributed by atoms with Crippen molar-refractivity contribution < 1.29 is 13.2 Å². The lowest BCUT2D eigenvalue weighted by Gasteiger charge is -2.32. The Hall–Kier alpha value is -2.97. The quantitative estimate of drug-likeness (QED) is 0.635. The van der Waals surface area contributed by atoms with Gasteiger partial charge in [0, 0.05) is 24.3 Å². The number of benzene rings is 2. The van der Waals surface area contributed by atoms with E-state index in [9.17, 15) is 13.2 Å². The second-order valence-electron chi connectivity index (χ2n) is 7.85. The van der Waals surface area contributed by atoms with E-state index in [4.69, 9.17) is 0 Å². The zero-order valence-electron chi connectivity index (χ0n) is 17.4. The van der Waals surface area contributed by atoms with E-state index in [1.807, 2.05) is 37.3 Å². The molecule has 31 heavy (non-hydrogen) atoms. The smallest absolute Gasteiger partial charge is 0.255 e. The van der Waals surface area contributed by atoms with Crippen LogP contribution in [0.3, 0.4) is 0 Å². The van der Waals surface area contributed by atoms with Crippen LogP contribution in [0.4, 0.5) is 5.69 Å². The molecule has 0 radical (unpaired) electrons. The summed E-state index contributed by atoms with van der Waals surface area (Å²) in [7, 11) is -3.63. The van der Waals surface area contributed by atoms with Crippen molar-refractivity contribution in [1.82, 2.24) is 14.1 Å². The van der Waals surface area contributed by atoms with E-state index in [0.717, 1.165) is 24.8 Å². The Morgan fingerprint density at radius 2 is 1.94 bits per heavy atom. The molecule has 1 amide bonds. The van der Waals surface area contributed by atoms with Crippen molar-refractivity contribution in [2.75, 3.05) is 11.9 Å². The Labute approximate surface area is 182 Å². The summed E-state index contributed by atoms with van der Waals surface area (Å²) in [6.45, 7) is 3.04. The van der Waals surface area contributed by atoms with Crippen LogP contribution in [0.1, 0.15) is 42.1 Å². The van der Waals surface area contributed by atoms with Gasteiger partial charge in [0.2, 0.25) is 10.0 Å². The molecule has 3 aromatic rings. The van der Waals surface area contributed by atoms with E-state index in [-0.39, 0.29) is 16.8 Å². The average molecular weight is 439 g/mol. The van der Waals surface area contributed by atoms with Crippen molar-refractivity contribution >= 4 is 21.6 Å². The summed E-state index contributed by atoms with van der Waals surface area (Å²) in [5.74, 6) is -0.372. The van der Waals surface area contributed by atoms with Crippen LogP contribution >= 0.6 is 0 Å². The van der Waals surface area contributed by atoms with Crippen molar-refractivity contribution in [2.24, 2.45) is 0 Å². The molecule has 0 spiro atoms. The highest BCUT2D eigenvalue weighted by atomic mass is 32.2. The van der Waals surface area contributed by atoms with Gasteiger partial charge >= 0.3 is 0 Å². The van der Waals surface area contributed by atoms with Gasteiger partial charge in [-0.05, 0) is 43.5 Å². The zero-order chi connectivity index (χ0) is 21.8. The molecule has 0 bridgehead atoms. The van der Waals surface area contributed by atoms with Crippen LogP contribution in [0, 0.1) is 0 Å². The lowest BCUT2D eigenvalue weighted by atomic mass is 10.1. The molecule has 1 aliphatic rings. The molecular weight excluding hydrogens is 412 g/mol. The molecule has 1 aliphatic heterocycles. The van der Waals surface area contributed by atoms with Crippen molar-refractivity contribution in [3.05, 3.63) is 78.1 Å². The fourth-order valence-electron chi connectivity index (χ4n) is 3.85. The minimum Gasteiger partial charge on any atom is -0.319 e. The summed E-state index contributed by atoms with van der Waals surface area (Å²) in [5.41, 5.74) is 1.95. The highest BCUT2D eigenvalue weighted by Crippen LogP contribution is 2.25. The number of hydrogen-bond acceptors (Lipinski definition) is 4. The number of amides is 1. The molecule has 1 atom stereocenters.